The monoisotopic (exact) mass is 604 g/mol. The van der Waals surface area contributed by atoms with Gasteiger partial charge in [-0.25, -0.2) is 0 Å². The standard InChI is InChI=1S/C31H36N6O7/c1-20-7-13-26(44-20)29(31(39)32-17-24-6-5-15-43-24)36(18-21-8-11-23(40-2)12-9-21)28(38)19-37-34-30(33-35-37)22-10-14-25(41-3)27(16-22)42-4/h7-14,16,24,29H,5-6,15,17-19H2,1-4H3,(H,32,39)/t24-,29+/m0/s1. The summed E-state index contributed by atoms with van der Waals surface area (Å²) in [7, 11) is 4.67. The number of benzene rings is 2. The third kappa shape index (κ3) is 7.17. The van der Waals surface area contributed by atoms with E-state index in [0.29, 0.717) is 53.3 Å². The van der Waals surface area contributed by atoms with Crippen LogP contribution >= 0.6 is 0 Å². The molecule has 3 heterocycles. The first-order valence-corrected chi connectivity index (χ1v) is 14.3. The van der Waals surface area contributed by atoms with Crippen molar-refractivity contribution in [3.8, 4) is 28.6 Å². The number of methoxy groups -OCH3 is 3. The van der Waals surface area contributed by atoms with Crippen LogP contribution in [0.4, 0.5) is 0 Å². The average Bonchev–Trinajstić information content (AvgIpc) is 3.83. The van der Waals surface area contributed by atoms with Crippen molar-refractivity contribution in [3.05, 3.63) is 71.7 Å². The Balaban J connectivity index is 1.43. The van der Waals surface area contributed by atoms with Gasteiger partial charge in [0.1, 0.15) is 23.8 Å². The smallest absolute Gasteiger partial charge is 0.250 e. The van der Waals surface area contributed by atoms with Gasteiger partial charge in [0.2, 0.25) is 11.7 Å². The minimum Gasteiger partial charge on any atom is -0.497 e. The SMILES string of the molecule is COc1ccc(CN(C(=O)Cn2nnc(-c3ccc(OC)c(OC)c3)n2)[C@@H](C(=O)NC[C@@H]2CCCO2)c2ccc(C)o2)cc1. The van der Waals surface area contributed by atoms with Gasteiger partial charge >= 0.3 is 0 Å². The van der Waals surface area contributed by atoms with E-state index in [9.17, 15) is 9.59 Å². The van der Waals surface area contributed by atoms with Crippen molar-refractivity contribution in [2.24, 2.45) is 0 Å². The minimum atomic E-state index is -1.06. The molecule has 1 N–H and O–H groups in total. The molecule has 13 nitrogen and oxygen atoms in total. The third-order valence-corrected chi connectivity index (χ3v) is 7.32. The number of nitrogens with one attached hydrogen (secondary N) is 1. The first-order valence-electron chi connectivity index (χ1n) is 14.3. The number of aryl methyl sites for hydroxylation is 1. The van der Waals surface area contributed by atoms with Gasteiger partial charge in [0.15, 0.2) is 17.5 Å². The fraction of sp³-hybridized carbons (Fsp3) is 0.387. The van der Waals surface area contributed by atoms with Gasteiger partial charge in [0.25, 0.3) is 5.91 Å². The van der Waals surface area contributed by atoms with Crippen LogP contribution in [-0.4, -0.2) is 77.5 Å². The molecule has 0 bridgehead atoms. The van der Waals surface area contributed by atoms with Gasteiger partial charge in [0, 0.05) is 25.3 Å². The molecule has 0 aliphatic carbocycles. The number of hydrogen-bond donors (Lipinski definition) is 1. The van der Waals surface area contributed by atoms with E-state index in [4.69, 9.17) is 23.4 Å². The second kappa shape index (κ2) is 14.0. The van der Waals surface area contributed by atoms with Crippen LogP contribution in [-0.2, 0) is 27.4 Å². The van der Waals surface area contributed by atoms with Crippen molar-refractivity contribution in [2.45, 2.75) is 45.0 Å². The molecule has 1 saturated heterocycles. The van der Waals surface area contributed by atoms with Crippen molar-refractivity contribution in [1.82, 2.24) is 30.4 Å². The largest absolute Gasteiger partial charge is 0.497 e. The van der Waals surface area contributed by atoms with Crippen molar-refractivity contribution < 1.29 is 33.0 Å². The molecule has 2 aromatic carbocycles. The number of hydrogen-bond acceptors (Lipinski definition) is 10. The second-order valence-corrected chi connectivity index (χ2v) is 10.3. The second-order valence-electron chi connectivity index (χ2n) is 10.3. The highest BCUT2D eigenvalue weighted by atomic mass is 16.5. The zero-order valence-corrected chi connectivity index (χ0v) is 25.2. The number of carbonyl (C=O) groups is 2. The first-order chi connectivity index (χ1) is 21.4. The number of rotatable bonds is 13. The molecule has 0 unspecified atom stereocenters. The molecule has 4 aromatic rings. The molecule has 5 rings (SSSR count). The summed E-state index contributed by atoms with van der Waals surface area (Å²) in [4.78, 5) is 30.5. The third-order valence-electron chi connectivity index (χ3n) is 7.32. The molecule has 232 valence electrons. The molecule has 0 spiro atoms. The maximum atomic E-state index is 14.0. The highest BCUT2D eigenvalue weighted by molar-refractivity contribution is 5.88. The molecule has 13 heteroatoms. The summed E-state index contributed by atoms with van der Waals surface area (Å²) >= 11 is 0. The van der Waals surface area contributed by atoms with Crippen LogP contribution < -0.4 is 19.5 Å². The van der Waals surface area contributed by atoms with Gasteiger partial charge in [-0.2, -0.15) is 4.80 Å². The van der Waals surface area contributed by atoms with Gasteiger partial charge < -0.3 is 33.6 Å². The van der Waals surface area contributed by atoms with Gasteiger partial charge in [-0.1, -0.05) is 12.1 Å². The Morgan fingerprint density at radius 2 is 1.84 bits per heavy atom. The predicted molar refractivity (Wildman–Crippen MR) is 158 cm³/mol. The maximum Gasteiger partial charge on any atom is 0.250 e. The summed E-state index contributed by atoms with van der Waals surface area (Å²) in [6, 6.07) is 14.9. The molecule has 2 atom stereocenters. The van der Waals surface area contributed by atoms with E-state index in [1.165, 1.54) is 16.8 Å². The lowest BCUT2D eigenvalue weighted by molar-refractivity contribution is -0.143. The van der Waals surface area contributed by atoms with E-state index in [-0.39, 0.29) is 25.1 Å². The molecule has 2 amide bonds. The van der Waals surface area contributed by atoms with E-state index in [1.807, 2.05) is 12.1 Å². The van der Waals surface area contributed by atoms with Crippen LogP contribution in [0.3, 0.4) is 0 Å². The average molecular weight is 605 g/mol. The van der Waals surface area contributed by atoms with Crippen LogP contribution in [0.25, 0.3) is 11.4 Å². The topological polar surface area (TPSA) is 143 Å². The van der Waals surface area contributed by atoms with Gasteiger partial charge in [0.05, 0.1) is 27.4 Å². The lowest BCUT2D eigenvalue weighted by Gasteiger charge is -2.30. The number of ether oxygens (including phenoxy) is 4. The highest BCUT2D eigenvalue weighted by Crippen LogP contribution is 2.31. The number of furan rings is 1. The molecular formula is C31H36N6O7. The van der Waals surface area contributed by atoms with E-state index in [1.54, 1.807) is 63.6 Å². The summed E-state index contributed by atoms with van der Waals surface area (Å²) in [5, 5.41) is 15.6. The summed E-state index contributed by atoms with van der Waals surface area (Å²) in [5.74, 6) is 2.20. The molecule has 1 aliphatic heterocycles. The fourth-order valence-corrected chi connectivity index (χ4v) is 5.01. The Morgan fingerprint density at radius 1 is 1.05 bits per heavy atom. The van der Waals surface area contributed by atoms with Crippen molar-refractivity contribution >= 4 is 11.8 Å². The molecule has 1 fully saturated rings. The summed E-state index contributed by atoms with van der Waals surface area (Å²) < 4.78 is 27.6. The maximum absolute atomic E-state index is 14.0. The van der Waals surface area contributed by atoms with Gasteiger partial charge in [-0.15, -0.1) is 10.2 Å². The zero-order valence-electron chi connectivity index (χ0n) is 25.2. The van der Waals surface area contributed by atoms with Crippen molar-refractivity contribution in [1.29, 1.82) is 0 Å². The molecule has 0 radical (unpaired) electrons. The predicted octanol–water partition coefficient (Wildman–Crippen LogP) is 3.33. The van der Waals surface area contributed by atoms with Crippen molar-refractivity contribution in [2.75, 3.05) is 34.5 Å². The van der Waals surface area contributed by atoms with Crippen LogP contribution in [0.2, 0.25) is 0 Å². The summed E-state index contributed by atoms with van der Waals surface area (Å²) in [5.41, 5.74) is 1.42. The van der Waals surface area contributed by atoms with E-state index in [2.05, 4.69) is 20.7 Å². The van der Waals surface area contributed by atoms with Gasteiger partial charge in [-0.3, -0.25) is 9.59 Å². The van der Waals surface area contributed by atoms with Crippen molar-refractivity contribution in [3.63, 3.8) is 0 Å². The molecular weight excluding hydrogens is 568 g/mol. The van der Waals surface area contributed by atoms with Gasteiger partial charge in [-0.05, 0) is 73.0 Å². The number of tetrazole rings is 1. The Labute approximate surface area is 255 Å². The Hall–Kier alpha value is -4.91. The number of amides is 2. The van der Waals surface area contributed by atoms with E-state index < -0.39 is 11.9 Å². The lowest BCUT2D eigenvalue weighted by atomic mass is 10.1. The van der Waals surface area contributed by atoms with Crippen LogP contribution in [0.15, 0.2) is 59.0 Å². The summed E-state index contributed by atoms with van der Waals surface area (Å²) in [6.07, 6.45) is 1.73. The molecule has 1 aliphatic rings. The summed E-state index contributed by atoms with van der Waals surface area (Å²) in [6.45, 7) is 2.62. The Kier molecular flexibility index (Phi) is 9.75. The fourth-order valence-electron chi connectivity index (χ4n) is 5.01. The Morgan fingerprint density at radius 3 is 2.50 bits per heavy atom. The molecule has 2 aromatic heterocycles. The molecule has 0 saturated carbocycles. The lowest BCUT2D eigenvalue weighted by Crippen LogP contribution is -2.46. The quantitative estimate of drug-likeness (QED) is 0.241. The highest BCUT2D eigenvalue weighted by Gasteiger charge is 2.35. The number of nitrogens with zero attached hydrogens (tertiary/aromatic N) is 5. The molecule has 44 heavy (non-hydrogen) atoms. The number of carbonyl (C=O) groups excluding carboxylic acids is 2. The van der Waals surface area contributed by atoms with Crippen LogP contribution in [0, 0.1) is 6.92 Å². The Bertz CT molecular complexity index is 1560. The normalized spacial score (nSPS) is 15.0. The number of aromatic nitrogens is 4. The minimum absolute atomic E-state index is 0.0713. The first kappa shape index (κ1) is 30.5. The van der Waals surface area contributed by atoms with Crippen LogP contribution in [0.5, 0.6) is 17.2 Å². The van der Waals surface area contributed by atoms with E-state index >= 15 is 0 Å². The van der Waals surface area contributed by atoms with E-state index in [0.717, 1.165) is 18.4 Å². The zero-order chi connectivity index (χ0) is 31.1. The van der Waals surface area contributed by atoms with Crippen LogP contribution in [0.1, 0.15) is 36.0 Å².